The van der Waals surface area contributed by atoms with Gasteiger partial charge in [-0.25, -0.2) is 8.78 Å². The fourth-order valence-corrected chi connectivity index (χ4v) is 3.19. The number of allylic oxidation sites excluding steroid dienone is 3. The van der Waals surface area contributed by atoms with Crippen LogP contribution in [0.2, 0.25) is 0 Å². The average Bonchev–Trinajstić information content (AvgIpc) is 2.59. The van der Waals surface area contributed by atoms with Crippen LogP contribution in [0.1, 0.15) is 51.4 Å². The molecule has 4 nitrogen and oxygen atoms in total. The number of rotatable bonds is 7. The van der Waals surface area contributed by atoms with Crippen molar-refractivity contribution in [2.75, 3.05) is 6.61 Å². The van der Waals surface area contributed by atoms with Gasteiger partial charge in [0, 0.05) is 18.5 Å². The molecule has 1 aliphatic carbocycles. The first-order valence-corrected chi connectivity index (χ1v) is 8.48. The Morgan fingerprint density at radius 3 is 2.39 bits per heavy atom. The number of hydrogen-bond acceptors (Lipinski definition) is 4. The summed E-state index contributed by atoms with van der Waals surface area (Å²) in [5, 5.41) is 13.2. The molecule has 0 aromatic rings. The predicted molar refractivity (Wildman–Crippen MR) is 87.4 cm³/mol. The minimum Gasteiger partial charge on any atom is -0.359 e. The highest BCUT2D eigenvalue weighted by molar-refractivity contribution is 5.76. The van der Waals surface area contributed by atoms with Gasteiger partial charge in [0.1, 0.15) is 11.9 Å². The first kappa shape index (κ1) is 17.9. The Balaban J connectivity index is 2.05. The van der Waals surface area contributed by atoms with Crippen molar-refractivity contribution in [3.8, 4) is 0 Å². The number of hydrogen-bond donors (Lipinski definition) is 3. The monoisotopic (exact) mass is 327 g/mol. The zero-order valence-corrected chi connectivity index (χ0v) is 13.5. The van der Waals surface area contributed by atoms with Crippen LogP contribution in [-0.4, -0.2) is 25.5 Å². The Hall–Kier alpha value is -1.43. The summed E-state index contributed by atoms with van der Waals surface area (Å²) in [5.41, 5.74) is 0.543. The molecule has 2 rings (SSSR count). The van der Waals surface area contributed by atoms with Gasteiger partial charge in [0.15, 0.2) is 0 Å². The van der Waals surface area contributed by atoms with Crippen molar-refractivity contribution in [2.24, 2.45) is 5.92 Å². The highest BCUT2D eigenvalue weighted by atomic mass is 19.3. The third kappa shape index (κ3) is 5.30. The lowest BCUT2D eigenvalue weighted by Gasteiger charge is -2.28. The topological polar surface area (TPSA) is 57.1 Å². The van der Waals surface area contributed by atoms with Crippen LogP contribution in [0.5, 0.6) is 0 Å². The van der Waals surface area contributed by atoms with E-state index in [1.54, 1.807) is 0 Å². The Labute approximate surface area is 136 Å². The molecule has 1 atom stereocenters. The average molecular weight is 327 g/mol. The van der Waals surface area contributed by atoms with Crippen LogP contribution >= 0.6 is 0 Å². The minimum atomic E-state index is -2.69. The summed E-state index contributed by atoms with van der Waals surface area (Å²) in [6, 6.07) is 0. The summed E-state index contributed by atoms with van der Waals surface area (Å²) in [5.74, 6) is 0.295. The van der Waals surface area contributed by atoms with Gasteiger partial charge in [0.25, 0.3) is 6.43 Å². The van der Waals surface area contributed by atoms with Crippen molar-refractivity contribution < 1.29 is 13.5 Å². The molecule has 1 saturated carbocycles. The third-order valence-corrected chi connectivity index (χ3v) is 4.54. The van der Waals surface area contributed by atoms with Gasteiger partial charge in [-0.3, -0.25) is 0 Å². The van der Waals surface area contributed by atoms with Gasteiger partial charge in [0.05, 0.1) is 5.70 Å². The molecule has 1 aliphatic heterocycles. The lowest BCUT2D eigenvalue weighted by molar-refractivity contribution is -0.00505. The molecule has 23 heavy (non-hydrogen) atoms. The van der Waals surface area contributed by atoms with Gasteiger partial charge in [0.2, 0.25) is 0 Å². The summed E-state index contributed by atoms with van der Waals surface area (Å²) in [6.45, 7) is 4.58. The van der Waals surface area contributed by atoms with E-state index in [1.165, 1.54) is 6.42 Å². The van der Waals surface area contributed by atoms with Crippen LogP contribution in [-0.2, 0) is 4.74 Å². The highest BCUT2D eigenvalue weighted by Gasteiger charge is 2.24. The van der Waals surface area contributed by atoms with E-state index in [4.69, 9.17) is 10.1 Å². The smallest absolute Gasteiger partial charge is 0.280 e. The number of alkyl halides is 2. The SMILES string of the molecule is C=C(N/C(C=N)=C(/NC1CCCCO1)C(F)F)C1CCCCC1. The number of nitrogens with one attached hydrogen (secondary N) is 3. The molecule has 1 unspecified atom stereocenters. The first-order chi connectivity index (χ1) is 11.1. The Morgan fingerprint density at radius 2 is 1.83 bits per heavy atom. The molecule has 0 bridgehead atoms. The predicted octanol–water partition coefficient (Wildman–Crippen LogP) is 3.91. The fourth-order valence-electron chi connectivity index (χ4n) is 3.19. The van der Waals surface area contributed by atoms with E-state index >= 15 is 0 Å². The second-order valence-electron chi connectivity index (χ2n) is 6.26. The normalized spacial score (nSPS) is 24.0. The van der Waals surface area contributed by atoms with Crippen molar-refractivity contribution in [3.05, 3.63) is 23.7 Å². The van der Waals surface area contributed by atoms with Crippen LogP contribution in [0, 0.1) is 11.3 Å². The Morgan fingerprint density at radius 1 is 1.13 bits per heavy atom. The van der Waals surface area contributed by atoms with Gasteiger partial charge in [-0.2, -0.15) is 0 Å². The zero-order chi connectivity index (χ0) is 16.7. The molecule has 130 valence electrons. The van der Waals surface area contributed by atoms with Crippen molar-refractivity contribution in [1.82, 2.24) is 10.6 Å². The maximum absolute atomic E-state index is 13.4. The van der Waals surface area contributed by atoms with Crippen molar-refractivity contribution in [1.29, 1.82) is 5.41 Å². The van der Waals surface area contributed by atoms with Gasteiger partial charge >= 0.3 is 0 Å². The van der Waals surface area contributed by atoms with Gasteiger partial charge < -0.3 is 20.8 Å². The molecule has 0 amide bonds. The van der Waals surface area contributed by atoms with Crippen LogP contribution in [0.15, 0.2) is 23.7 Å². The molecule has 0 aromatic carbocycles. The van der Waals surface area contributed by atoms with Crippen molar-refractivity contribution in [2.45, 2.75) is 64.0 Å². The van der Waals surface area contributed by atoms with E-state index in [1.807, 2.05) is 0 Å². The standard InChI is InChI=1S/C17H27F2N3O/c1-12(13-7-3-2-4-8-13)21-14(11-20)16(17(18)19)22-15-9-5-6-10-23-15/h11,13,15,17,20-22H,1-10H2/b16-14+,20-11?. The molecular formula is C17H27F2N3O. The van der Waals surface area contributed by atoms with Crippen LogP contribution in [0.25, 0.3) is 0 Å². The third-order valence-electron chi connectivity index (χ3n) is 4.54. The molecule has 2 aliphatic rings. The Kier molecular flexibility index (Phi) is 7.02. The molecule has 6 heteroatoms. The second kappa shape index (κ2) is 9.01. The van der Waals surface area contributed by atoms with E-state index in [9.17, 15) is 8.78 Å². The highest BCUT2D eigenvalue weighted by Crippen LogP contribution is 2.28. The lowest BCUT2D eigenvalue weighted by atomic mass is 9.87. The summed E-state index contributed by atoms with van der Waals surface area (Å²) >= 11 is 0. The second-order valence-corrected chi connectivity index (χ2v) is 6.26. The Bertz CT molecular complexity index is 439. The van der Waals surface area contributed by atoms with Crippen LogP contribution in [0.3, 0.4) is 0 Å². The maximum atomic E-state index is 13.4. The molecule has 1 saturated heterocycles. The van der Waals surface area contributed by atoms with Crippen molar-refractivity contribution in [3.63, 3.8) is 0 Å². The minimum absolute atomic E-state index is 0.0877. The summed E-state index contributed by atoms with van der Waals surface area (Å²) in [7, 11) is 0. The quantitative estimate of drug-likeness (QED) is 0.621. The molecular weight excluding hydrogens is 300 g/mol. The molecule has 0 spiro atoms. The van der Waals surface area contributed by atoms with Crippen molar-refractivity contribution >= 4 is 6.21 Å². The first-order valence-electron chi connectivity index (χ1n) is 8.48. The summed E-state index contributed by atoms with van der Waals surface area (Å²) in [6.07, 6.45) is 6.01. The van der Waals surface area contributed by atoms with E-state index in [-0.39, 0.29) is 11.4 Å². The van der Waals surface area contributed by atoms with E-state index in [0.717, 1.165) is 50.4 Å². The molecule has 1 heterocycles. The molecule has 2 fully saturated rings. The number of halogens is 2. The lowest BCUT2D eigenvalue weighted by Crippen LogP contribution is -2.38. The molecule has 0 aromatic heterocycles. The molecule has 3 N–H and O–H groups in total. The van der Waals surface area contributed by atoms with E-state index < -0.39 is 12.7 Å². The number of ether oxygens (including phenoxy) is 1. The fraction of sp³-hybridized carbons (Fsp3) is 0.706. The van der Waals surface area contributed by atoms with Crippen LogP contribution < -0.4 is 10.6 Å². The zero-order valence-electron chi connectivity index (χ0n) is 13.5. The largest absolute Gasteiger partial charge is 0.359 e. The van der Waals surface area contributed by atoms with Gasteiger partial charge in [-0.05, 0) is 38.0 Å². The summed E-state index contributed by atoms with van der Waals surface area (Å²) < 4.78 is 32.3. The maximum Gasteiger partial charge on any atom is 0.280 e. The van der Waals surface area contributed by atoms with Crippen LogP contribution in [0.4, 0.5) is 8.78 Å². The van der Waals surface area contributed by atoms with E-state index in [2.05, 4.69) is 17.2 Å². The molecule has 0 radical (unpaired) electrons. The van der Waals surface area contributed by atoms with E-state index in [0.29, 0.717) is 18.9 Å². The summed E-state index contributed by atoms with van der Waals surface area (Å²) in [4.78, 5) is 0. The van der Waals surface area contributed by atoms with Gasteiger partial charge in [-0.15, -0.1) is 0 Å². The van der Waals surface area contributed by atoms with Gasteiger partial charge in [-0.1, -0.05) is 25.8 Å².